The lowest BCUT2D eigenvalue weighted by Gasteiger charge is -2.12. The van der Waals surface area contributed by atoms with Crippen molar-refractivity contribution in [3.05, 3.63) is 92.7 Å². The highest BCUT2D eigenvalue weighted by atomic mass is 35.5. The van der Waals surface area contributed by atoms with Crippen LogP contribution in [0.2, 0.25) is 10.0 Å². The lowest BCUT2D eigenvalue weighted by atomic mass is 10.0. The second-order valence-corrected chi connectivity index (χ2v) is 7.38. The van der Waals surface area contributed by atoms with Crippen molar-refractivity contribution >= 4 is 62.9 Å². The molecule has 0 aliphatic heterocycles. The number of anilines is 3. The minimum Gasteiger partial charge on any atom is -0.333 e. The summed E-state index contributed by atoms with van der Waals surface area (Å²) >= 11 is 12.0. The molecule has 1 amide bonds. The number of halogens is 2. The van der Waals surface area contributed by atoms with E-state index in [1.165, 1.54) is 6.07 Å². The highest BCUT2D eigenvalue weighted by molar-refractivity contribution is 6.36. The lowest BCUT2D eigenvalue weighted by molar-refractivity contribution is -0.383. The third-order valence-corrected chi connectivity index (χ3v) is 5.07. The van der Waals surface area contributed by atoms with Gasteiger partial charge in [-0.25, -0.2) is 9.97 Å². The van der Waals surface area contributed by atoms with Crippen LogP contribution in [0.4, 0.5) is 23.0 Å². The average molecular weight is 469 g/mol. The van der Waals surface area contributed by atoms with Crippen molar-refractivity contribution in [2.45, 2.75) is 0 Å². The number of aromatic nitrogens is 2. The quantitative estimate of drug-likeness (QED) is 0.257. The van der Waals surface area contributed by atoms with Crippen molar-refractivity contribution in [1.29, 1.82) is 0 Å². The lowest BCUT2D eigenvalue weighted by Crippen LogP contribution is -2.30. The molecular formula is C21H14Cl2N6O3. The van der Waals surface area contributed by atoms with Crippen LogP contribution in [0, 0.1) is 10.1 Å². The first-order chi connectivity index (χ1) is 15.4. The molecule has 0 aliphatic rings. The summed E-state index contributed by atoms with van der Waals surface area (Å²) in [6.07, 6.45) is 1.12. The van der Waals surface area contributed by atoms with E-state index in [9.17, 15) is 14.9 Å². The minimum absolute atomic E-state index is 0.115. The van der Waals surface area contributed by atoms with Gasteiger partial charge >= 0.3 is 5.69 Å². The predicted octanol–water partition coefficient (Wildman–Crippen LogP) is 5.35. The Labute approximate surface area is 191 Å². The summed E-state index contributed by atoms with van der Waals surface area (Å²) in [6, 6.07) is 17.3. The fraction of sp³-hybridized carbons (Fsp3) is 0. The van der Waals surface area contributed by atoms with Crippen LogP contribution in [0.1, 0.15) is 10.4 Å². The van der Waals surface area contributed by atoms with Gasteiger partial charge in [-0.2, -0.15) is 0 Å². The number of nitrogens with zero attached hydrogens (tertiary/aromatic N) is 3. The number of benzene rings is 3. The van der Waals surface area contributed by atoms with E-state index in [4.69, 9.17) is 23.2 Å². The number of rotatable bonds is 6. The molecule has 0 fully saturated rings. The molecule has 160 valence electrons. The Hall–Kier alpha value is -3.95. The zero-order chi connectivity index (χ0) is 22.7. The molecule has 0 bridgehead atoms. The van der Waals surface area contributed by atoms with Gasteiger partial charge in [-0.1, -0.05) is 59.6 Å². The molecule has 0 radical (unpaired) electrons. The summed E-state index contributed by atoms with van der Waals surface area (Å²) in [4.78, 5) is 31.6. The van der Waals surface area contributed by atoms with Gasteiger partial charge < -0.3 is 5.32 Å². The van der Waals surface area contributed by atoms with Crippen LogP contribution >= 0.6 is 23.2 Å². The van der Waals surface area contributed by atoms with Gasteiger partial charge in [-0.15, -0.1) is 0 Å². The van der Waals surface area contributed by atoms with Crippen LogP contribution in [0.15, 0.2) is 67.0 Å². The number of hydrogen-bond acceptors (Lipinski definition) is 7. The Morgan fingerprint density at radius 2 is 1.72 bits per heavy atom. The van der Waals surface area contributed by atoms with Crippen molar-refractivity contribution in [3.8, 4) is 0 Å². The first-order valence-corrected chi connectivity index (χ1v) is 9.95. The molecule has 3 aromatic carbocycles. The van der Waals surface area contributed by atoms with Crippen molar-refractivity contribution in [2.24, 2.45) is 0 Å². The SMILES string of the molecule is O=C(NNc1ncnc(Nc2ccc(Cl)cc2Cl)c1[N+](=O)[O-])c1cccc2ccccc12. The highest BCUT2D eigenvalue weighted by Gasteiger charge is 2.24. The summed E-state index contributed by atoms with van der Waals surface area (Å²) in [5, 5.41) is 16.8. The number of hydrazine groups is 1. The summed E-state index contributed by atoms with van der Waals surface area (Å²) in [5.74, 6) is -0.799. The maximum absolute atomic E-state index is 12.7. The van der Waals surface area contributed by atoms with Gasteiger partial charge in [0.2, 0.25) is 11.6 Å². The molecule has 0 aliphatic carbocycles. The van der Waals surface area contributed by atoms with E-state index >= 15 is 0 Å². The maximum atomic E-state index is 12.7. The molecule has 0 saturated carbocycles. The van der Waals surface area contributed by atoms with E-state index < -0.39 is 16.5 Å². The summed E-state index contributed by atoms with van der Waals surface area (Å²) in [5.41, 5.74) is 5.27. The predicted molar refractivity (Wildman–Crippen MR) is 123 cm³/mol. The van der Waals surface area contributed by atoms with Crippen molar-refractivity contribution < 1.29 is 9.72 Å². The Bertz CT molecular complexity index is 1340. The van der Waals surface area contributed by atoms with Gasteiger partial charge in [0.1, 0.15) is 6.33 Å². The zero-order valence-corrected chi connectivity index (χ0v) is 17.7. The van der Waals surface area contributed by atoms with E-state index in [-0.39, 0.29) is 16.7 Å². The molecule has 9 nitrogen and oxygen atoms in total. The van der Waals surface area contributed by atoms with Crippen LogP contribution in [-0.4, -0.2) is 20.8 Å². The molecule has 11 heteroatoms. The van der Waals surface area contributed by atoms with Crippen LogP contribution in [0.25, 0.3) is 10.8 Å². The zero-order valence-electron chi connectivity index (χ0n) is 16.2. The first-order valence-electron chi connectivity index (χ1n) is 9.19. The minimum atomic E-state index is -0.668. The van der Waals surface area contributed by atoms with Gasteiger partial charge in [0, 0.05) is 10.6 Å². The van der Waals surface area contributed by atoms with E-state index in [1.807, 2.05) is 30.3 Å². The number of nitro groups is 1. The largest absolute Gasteiger partial charge is 0.355 e. The molecule has 1 aromatic heterocycles. The van der Waals surface area contributed by atoms with E-state index in [0.717, 1.165) is 17.1 Å². The fourth-order valence-corrected chi connectivity index (χ4v) is 3.52. The monoisotopic (exact) mass is 468 g/mol. The van der Waals surface area contributed by atoms with Gasteiger partial charge in [0.25, 0.3) is 5.91 Å². The van der Waals surface area contributed by atoms with Crippen LogP contribution in [0.3, 0.4) is 0 Å². The number of carbonyl (C=O) groups is 1. The maximum Gasteiger partial charge on any atom is 0.355 e. The third kappa shape index (κ3) is 4.39. The number of hydrogen-bond donors (Lipinski definition) is 3. The van der Waals surface area contributed by atoms with Gasteiger partial charge in [-0.3, -0.25) is 25.8 Å². The van der Waals surface area contributed by atoms with Crippen molar-refractivity contribution in [3.63, 3.8) is 0 Å². The normalized spacial score (nSPS) is 10.6. The average Bonchev–Trinajstić information content (AvgIpc) is 2.78. The van der Waals surface area contributed by atoms with E-state index in [0.29, 0.717) is 16.3 Å². The second kappa shape index (κ2) is 9.04. The fourth-order valence-electron chi connectivity index (χ4n) is 3.06. The molecular weight excluding hydrogens is 455 g/mol. The second-order valence-electron chi connectivity index (χ2n) is 6.53. The van der Waals surface area contributed by atoms with E-state index in [2.05, 4.69) is 26.1 Å². The van der Waals surface area contributed by atoms with Crippen LogP contribution in [0.5, 0.6) is 0 Å². The molecule has 0 saturated heterocycles. The smallest absolute Gasteiger partial charge is 0.333 e. The number of amides is 1. The van der Waals surface area contributed by atoms with Crippen LogP contribution in [-0.2, 0) is 0 Å². The van der Waals surface area contributed by atoms with E-state index in [1.54, 1.807) is 24.3 Å². The number of carbonyl (C=O) groups excluding carboxylic acids is 1. The Balaban J connectivity index is 1.60. The van der Waals surface area contributed by atoms with Crippen molar-refractivity contribution in [1.82, 2.24) is 15.4 Å². The Morgan fingerprint density at radius 3 is 2.50 bits per heavy atom. The van der Waals surface area contributed by atoms with Gasteiger partial charge in [0.15, 0.2) is 0 Å². The summed E-state index contributed by atoms with van der Waals surface area (Å²) < 4.78 is 0. The van der Waals surface area contributed by atoms with Crippen molar-refractivity contribution in [2.75, 3.05) is 10.7 Å². The topological polar surface area (TPSA) is 122 Å². The Kier molecular flexibility index (Phi) is 6.02. The highest BCUT2D eigenvalue weighted by Crippen LogP contribution is 2.34. The molecule has 3 N–H and O–H groups in total. The molecule has 0 unspecified atom stereocenters. The molecule has 0 spiro atoms. The molecule has 32 heavy (non-hydrogen) atoms. The summed E-state index contributed by atoms with van der Waals surface area (Å²) in [6.45, 7) is 0. The van der Waals surface area contributed by atoms with Crippen LogP contribution < -0.4 is 16.2 Å². The molecule has 4 aromatic rings. The Morgan fingerprint density at radius 1 is 0.969 bits per heavy atom. The van der Waals surface area contributed by atoms with Gasteiger partial charge in [-0.05, 0) is 35.0 Å². The first kappa shape index (κ1) is 21.3. The summed E-state index contributed by atoms with van der Waals surface area (Å²) in [7, 11) is 0. The number of fused-ring (bicyclic) bond motifs is 1. The number of nitrogens with one attached hydrogen (secondary N) is 3. The molecule has 4 rings (SSSR count). The molecule has 0 atom stereocenters. The van der Waals surface area contributed by atoms with Gasteiger partial charge in [0.05, 0.1) is 15.6 Å². The standard InChI is InChI=1S/C21H14Cl2N6O3/c22-13-8-9-17(16(23)10-13)26-19-18(29(31)32)20(25-11-24-19)27-28-21(30)15-7-3-5-12-4-1-2-6-14(12)15/h1-11H,(H,28,30)(H2,24,25,26,27). The third-order valence-electron chi connectivity index (χ3n) is 4.52. The molecule has 1 heterocycles.